The molecule has 0 spiro atoms. The first-order valence-corrected chi connectivity index (χ1v) is 12.1. The zero-order chi connectivity index (χ0) is 26.2. The lowest BCUT2D eigenvalue weighted by Gasteiger charge is -2.36. The SMILES string of the molecule is CCN(Cc1ccc(C(F)(F)F)cc1N1CCC(C(=O)O)CC1)C(=O)[C@@]1(F)CCN(C(C)(C)C)C1. The molecule has 1 N–H and O–H groups in total. The fourth-order valence-corrected chi connectivity index (χ4v) is 4.87. The minimum Gasteiger partial charge on any atom is -0.481 e. The van der Waals surface area contributed by atoms with E-state index < -0.39 is 35.2 Å². The van der Waals surface area contributed by atoms with Crippen LogP contribution in [-0.4, -0.2) is 70.7 Å². The quantitative estimate of drug-likeness (QED) is 0.579. The molecule has 0 aliphatic carbocycles. The van der Waals surface area contributed by atoms with E-state index in [1.165, 1.54) is 11.0 Å². The van der Waals surface area contributed by atoms with E-state index in [4.69, 9.17) is 0 Å². The van der Waals surface area contributed by atoms with Gasteiger partial charge in [-0.1, -0.05) is 6.07 Å². The standard InChI is InChI=1S/C25H35F4N3O3/c1-5-30(22(35)24(26)10-13-32(16-24)23(2,3)4)15-18-6-7-19(25(27,28)29)14-20(18)31-11-8-17(9-12-31)21(33)34/h6-7,14,17H,5,8-13,15-16H2,1-4H3,(H,33,34)/t24-/m1/s1. The lowest BCUT2D eigenvalue weighted by atomic mass is 9.95. The van der Waals surface area contributed by atoms with Crippen molar-refractivity contribution in [3.8, 4) is 0 Å². The van der Waals surface area contributed by atoms with Crippen molar-refractivity contribution in [2.24, 2.45) is 5.92 Å². The zero-order valence-electron chi connectivity index (χ0n) is 20.8. The predicted molar refractivity (Wildman–Crippen MR) is 125 cm³/mol. The Hall–Kier alpha value is -2.36. The maximum Gasteiger partial charge on any atom is 0.416 e. The second-order valence-corrected chi connectivity index (χ2v) is 10.6. The van der Waals surface area contributed by atoms with Gasteiger partial charge in [-0.2, -0.15) is 13.2 Å². The van der Waals surface area contributed by atoms with E-state index in [2.05, 4.69) is 0 Å². The Labute approximate surface area is 203 Å². The van der Waals surface area contributed by atoms with Crippen molar-refractivity contribution in [2.45, 2.75) is 70.9 Å². The molecule has 2 aliphatic heterocycles. The molecule has 3 rings (SSSR count). The van der Waals surface area contributed by atoms with Crippen molar-refractivity contribution >= 4 is 17.6 Å². The molecule has 2 fully saturated rings. The van der Waals surface area contributed by atoms with Crippen molar-refractivity contribution < 1.29 is 32.3 Å². The molecule has 10 heteroatoms. The Morgan fingerprint density at radius 2 is 1.77 bits per heavy atom. The number of hydrogen-bond acceptors (Lipinski definition) is 4. The fourth-order valence-electron chi connectivity index (χ4n) is 4.87. The van der Waals surface area contributed by atoms with Crippen LogP contribution in [0.25, 0.3) is 0 Å². The fraction of sp³-hybridized carbons (Fsp3) is 0.680. The summed E-state index contributed by atoms with van der Waals surface area (Å²) in [4.78, 5) is 29.6. The number of carbonyl (C=O) groups excluding carboxylic acids is 1. The number of amides is 1. The molecule has 1 atom stereocenters. The van der Waals surface area contributed by atoms with Crippen LogP contribution in [-0.2, 0) is 22.3 Å². The highest BCUT2D eigenvalue weighted by molar-refractivity contribution is 5.86. The lowest BCUT2D eigenvalue weighted by molar-refractivity contribution is -0.144. The number of halogens is 4. The summed E-state index contributed by atoms with van der Waals surface area (Å²) in [5, 5.41) is 9.26. The molecule has 0 bridgehead atoms. The minimum absolute atomic E-state index is 0.0194. The Balaban J connectivity index is 1.86. The Kier molecular flexibility index (Phi) is 7.74. The summed E-state index contributed by atoms with van der Waals surface area (Å²) in [5.74, 6) is -2.10. The molecule has 2 saturated heterocycles. The largest absolute Gasteiger partial charge is 0.481 e. The minimum atomic E-state index is -4.55. The summed E-state index contributed by atoms with van der Waals surface area (Å²) in [7, 11) is 0. The van der Waals surface area contributed by atoms with Crippen LogP contribution in [0.15, 0.2) is 18.2 Å². The van der Waals surface area contributed by atoms with Crippen LogP contribution in [0.4, 0.5) is 23.2 Å². The summed E-state index contributed by atoms with van der Waals surface area (Å²) in [6.07, 6.45) is -3.84. The number of likely N-dealkylation sites (tertiary alicyclic amines) is 1. The number of aliphatic carboxylic acids is 1. The number of carboxylic acid groups (broad SMARTS) is 1. The predicted octanol–water partition coefficient (Wildman–Crippen LogP) is 4.57. The van der Waals surface area contributed by atoms with E-state index in [0.717, 1.165) is 12.1 Å². The molecule has 0 aromatic heterocycles. The van der Waals surface area contributed by atoms with Gasteiger partial charge in [0.1, 0.15) is 0 Å². The van der Waals surface area contributed by atoms with Gasteiger partial charge in [-0.05, 0) is 58.2 Å². The third-order valence-corrected chi connectivity index (χ3v) is 7.18. The monoisotopic (exact) mass is 501 g/mol. The Morgan fingerprint density at radius 3 is 2.26 bits per heavy atom. The molecule has 35 heavy (non-hydrogen) atoms. The molecule has 0 radical (unpaired) electrons. The van der Waals surface area contributed by atoms with Crippen LogP contribution in [0.1, 0.15) is 58.1 Å². The van der Waals surface area contributed by atoms with Crippen LogP contribution < -0.4 is 4.90 Å². The van der Waals surface area contributed by atoms with Gasteiger partial charge in [-0.25, -0.2) is 4.39 Å². The van der Waals surface area contributed by atoms with Gasteiger partial charge in [0.05, 0.1) is 11.5 Å². The number of nitrogens with zero attached hydrogens (tertiary/aromatic N) is 3. The molecule has 2 aliphatic rings. The highest BCUT2D eigenvalue weighted by Gasteiger charge is 2.49. The molecule has 196 valence electrons. The van der Waals surface area contributed by atoms with Gasteiger partial charge in [-0.3, -0.25) is 14.5 Å². The normalized spacial score (nSPS) is 22.5. The van der Waals surface area contributed by atoms with Crippen molar-refractivity contribution in [2.75, 3.05) is 37.6 Å². The first kappa shape index (κ1) is 27.2. The van der Waals surface area contributed by atoms with Gasteiger partial charge in [0.15, 0.2) is 0 Å². The molecule has 6 nitrogen and oxygen atoms in total. The molecular formula is C25H35F4N3O3. The van der Waals surface area contributed by atoms with E-state index in [1.807, 2.05) is 25.7 Å². The summed E-state index contributed by atoms with van der Waals surface area (Å²) in [6.45, 7) is 8.80. The van der Waals surface area contributed by atoms with E-state index in [-0.39, 0.29) is 31.6 Å². The number of benzene rings is 1. The molecule has 1 amide bonds. The smallest absolute Gasteiger partial charge is 0.416 e. The topological polar surface area (TPSA) is 64.1 Å². The molecule has 0 saturated carbocycles. The van der Waals surface area contributed by atoms with E-state index in [1.54, 1.807) is 11.8 Å². The van der Waals surface area contributed by atoms with Gasteiger partial charge in [0, 0.05) is 56.9 Å². The summed E-state index contributed by atoms with van der Waals surface area (Å²) in [6, 6.07) is 3.37. The number of alkyl halides is 4. The number of carbonyl (C=O) groups is 2. The first-order chi connectivity index (χ1) is 16.2. The highest BCUT2D eigenvalue weighted by Crippen LogP contribution is 2.37. The van der Waals surface area contributed by atoms with Gasteiger partial charge in [0.2, 0.25) is 5.67 Å². The van der Waals surface area contributed by atoms with Crippen molar-refractivity contribution in [1.82, 2.24) is 9.80 Å². The van der Waals surface area contributed by atoms with Crippen LogP contribution >= 0.6 is 0 Å². The molecule has 2 heterocycles. The average molecular weight is 502 g/mol. The van der Waals surface area contributed by atoms with Crippen molar-refractivity contribution in [3.63, 3.8) is 0 Å². The van der Waals surface area contributed by atoms with Crippen molar-refractivity contribution in [3.05, 3.63) is 29.3 Å². The number of anilines is 1. The van der Waals surface area contributed by atoms with Crippen LogP contribution in [0.3, 0.4) is 0 Å². The van der Waals surface area contributed by atoms with Gasteiger partial charge in [0.25, 0.3) is 5.91 Å². The number of rotatable bonds is 6. The van der Waals surface area contributed by atoms with E-state index >= 15 is 4.39 Å². The Morgan fingerprint density at radius 1 is 1.14 bits per heavy atom. The number of hydrogen-bond donors (Lipinski definition) is 1. The van der Waals surface area contributed by atoms with Crippen LogP contribution in [0.5, 0.6) is 0 Å². The summed E-state index contributed by atoms with van der Waals surface area (Å²) < 4.78 is 56.2. The third kappa shape index (κ3) is 6.08. The maximum atomic E-state index is 15.8. The zero-order valence-corrected chi connectivity index (χ0v) is 20.8. The summed E-state index contributed by atoms with van der Waals surface area (Å²) >= 11 is 0. The molecule has 1 aromatic carbocycles. The lowest BCUT2D eigenvalue weighted by Crippen LogP contribution is -2.49. The first-order valence-electron chi connectivity index (χ1n) is 12.1. The number of piperidine rings is 1. The molecule has 1 aromatic rings. The second kappa shape index (κ2) is 9.95. The summed E-state index contributed by atoms with van der Waals surface area (Å²) in [5.41, 5.74) is -2.35. The van der Waals surface area contributed by atoms with Crippen LogP contribution in [0, 0.1) is 5.92 Å². The molecule has 0 unspecified atom stereocenters. The van der Waals surface area contributed by atoms with Gasteiger partial charge in [-0.15, -0.1) is 0 Å². The third-order valence-electron chi connectivity index (χ3n) is 7.18. The van der Waals surface area contributed by atoms with Crippen molar-refractivity contribution in [1.29, 1.82) is 0 Å². The van der Waals surface area contributed by atoms with E-state index in [9.17, 15) is 27.9 Å². The maximum absolute atomic E-state index is 15.8. The van der Waals surface area contributed by atoms with Gasteiger partial charge >= 0.3 is 12.1 Å². The number of carboxylic acids is 1. The second-order valence-electron chi connectivity index (χ2n) is 10.6. The highest BCUT2D eigenvalue weighted by atomic mass is 19.4. The average Bonchev–Trinajstić information content (AvgIpc) is 3.20. The van der Waals surface area contributed by atoms with E-state index in [0.29, 0.717) is 43.7 Å². The van der Waals surface area contributed by atoms with Crippen LogP contribution in [0.2, 0.25) is 0 Å². The molecular weight excluding hydrogens is 466 g/mol. The Bertz CT molecular complexity index is 939. The van der Waals surface area contributed by atoms with Gasteiger partial charge < -0.3 is 14.9 Å².